The summed E-state index contributed by atoms with van der Waals surface area (Å²) in [5.74, 6) is -1.25. The largest absolute Gasteiger partial charge is 0.478 e. The molecule has 0 amide bonds. The highest BCUT2D eigenvalue weighted by Crippen LogP contribution is 2.23. The average molecular weight is 336 g/mol. The van der Waals surface area contributed by atoms with Crippen molar-refractivity contribution >= 4 is 17.6 Å². The fourth-order valence-corrected chi connectivity index (χ4v) is 2.60. The summed E-state index contributed by atoms with van der Waals surface area (Å²) in [4.78, 5) is 15.2. The Kier molecular flexibility index (Phi) is 5.04. The van der Waals surface area contributed by atoms with Gasteiger partial charge in [-0.25, -0.2) is 14.2 Å². The summed E-state index contributed by atoms with van der Waals surface area (Å²) in [7, 11) is 0. The van der Waals surface area contributed by atoms with E-state index in [1.807, 2.05) is 22.9 Å². The van der Waals surface area contributed by atoms with E-state index in [0.29, 0.717) is 6.42 Å². The molecule has 1 aromatic heterocycles. The Morgan fingerprint density at radius 3 is 2.64 bits per heavy atom. The van der Waals surface area contributed by atoms with Gasteiger partial charge in [0.15, 0.2) is 0 Å². The summed E-state index contributed by atoms with van der Waals surface area (Å²) in [6, 6.07) is 13.1. The molecule has 4 nitrogen and oxygen atoms in total. The van der Waals surface area contributed by atoms with E-state index in [2.05, 4.69) is 4.98 Å². The first kappa shape index (κ1) is 16.6. The summed E-state index contributed by atoms with van der Waals surface area (Å²) >= 11 is 0. The molecule has 0 saturated heterocycles. The lowest BCUT2D eigenvalue weighted by Crippen LogP contribution is -1.98. The molecule has 0 aliphatic heterocycles. The number of hydrogen-bond acceptors (Lipinski definition) is 2. The van der Waals surface area contributed by atoms with E-state index < -0.39 is 5.97 Å². The van der Waals surface area contributed by atoms with Crippen molar-refractivity contribution in [2.75, 3.05) is 0 Å². The lowest BCUT2D eigenvalue weighted by Gasteiger charge is -2.10. The van der Waals surface area contributed by atoms with Gasteiger partial charge in [0.1, 0.15) is 5.82 Å². The Balaban J connectivity index is 1.93. The number of carboxylic acids is 1. The molecule has 0 saturated carbocycles. The summed E-state index contributed by atoms with van der Waals surface area (Å²) in [6.07, 6.45) is 7.99. The molecule has 0 atom stereocenters. The van der Waals surface area contributed by atoms with Gasteiger partial charge in [-0.2, -0.15) is 0 Å². The van der Waals surface area contributed by atoms with Crippen molar-refractivity contribution < 1.29 is 14.3 Å². The van der Waals surface area contributed by atoms with E-state index in [1.165, 1.54) is 12.1 Å². The predicted octanol–water partition coefficient (Wildman–Crippen LogP) is 4.35. The van der Waals surface area contributed by atoms with E-state index in [0.717, 1.165) is 23.2 Å². The van der Waals surface area contributed by atoms with Crippen LogP contribution in [0.2, 0.25) is 0 Å². The highest BCUT2D eigenvalue weighted by Gasteiger charge is 2.06. The third kappa shape index (κ3) is 4.41. The van der Waals surface area contributed by atoms with Crippen molar-refractivity contribution in [1.29, 1.82) is 0 Å². The number of carboxylic acid groups (broad SMARTS) is 1. The second kappa shape index (κ2) is 7.57. The monoisotopic (exact) mass is 336 g/mol. The number of allylic oxidation sites excluding steroid dienone is 1. The van der Waals surface area contributed by atoms with Gasteiger partial charge in [-0.3, -0.25) is 0 Å². The lowest BCUT2D eigenvalue weighted by molar-refractivity contribution is 0.0697. The van der Waals surface area contributed by atoms with Crippen LogP contribution in [0.3, 0.4) is 0 Å². The number of imidazole rings is 1. The maximum atomic E-state index is 13.2. The van der Waals surface area contributed by atoms with Crippen LogP contribution in [0.25, 0.3) is 11.6 Å². The smallest absolute Gasteiger partial charge is 0.335 e. The van der Waals surface area contributed by atoms with Crippen LogP contribution in [0.5, 0.6) is 0 Å². The van der Waals surface area contributed by atoms with Crippen molar-refractivity contribution in [2.24, 2.45) is 0 Å². The molecular formula is C20H17FN2O2. The first-order valence-corrected chi connectivity index (χ1v) is 7.87. The van der Waals surface area contributed by atoms with Gasteiger partial charge in [-0.15, -0.1) is 0 Å². The van der Waals surface area contributed by atoms with E-state index >= 15 is 0 Å². The number of nitrogens with zero attached hydrogens (tertiary/aromatic N) is 2. The van der Waals surface area contributed by atoms with Crippen LogP contribution >= 0.6 is 0 Å². The van der Waals surface area contributed by atoms with Gasteiger partial charge in [0.05, 0.1) is 11.9 Å². The molecular weight excluding hydrogens is 319 g/mol. The molecule has 0 spiro atoms. The molecule has 126 valence electrons. The minimum Gasteiger partial charge on any atom is -0.478 e. The molecule has 5 heteroatoms. The van der Waals surface area contributed by atoms with Crippen molar-refractivity contribution in [2.45, 2.75) is 13.0 Å². The number of aromatic nitrogens is 2. The molecule has 0 fully saturated rings. The third-order valence-electron chi connectivity index (χ3n) is 3.89. The number of aromatic carboxylic acids is 1. The standard InChI is InChI=1S/C20H17FN2O2/c21-19-6-4-16(5-7-19)17(8-10-23-11-9-22-14-23)12-15-2-1-3-18(13-15)20(24)25/h1-7,9,11-14H,8,10H2,(H,24,25). The fourth-order valence-electron chi connectivity index (χ4n) is 2.60. The number of aryl methyl sites for hydroxylation is 1. The molecule has 0 aliphatic rings. The summed E-state index contributed by atoms with van der Waals surface area (Å²) in [5.41, 5.74) is 2.94. The van der Waals surface area contributed by atoms with Crippen molar-refractivity contribution in [3.63, 3.8) is 0 Å². The maximum Gasteiger partial charge on any atom is 0.335 e. The molecule has 3 aromatic rings. The Bertz CT molecular complexity index is 884. The van der Waals surface area contributed by atoms with Gasteiger partial charge in [0.25, 0.3) is 0 Å². The maximum absolute atomic E-state index is 13.2. The Morgan fingerprint density at radius 1 is 1.16 bits per heavy atom. The zero-order valence-corrected chi connectivity index (χ0v) is 13.5. The topological polar surface area (TPSA) is 55.1 Å². The number of carbonyl (C=O) groups is 1. The summed E-state index contributed by atoms with van der Waals surface area (Å²) in [6.45, 7) is 0.724. The first-order chi connectivity index (χ1) is 12.1. The molecule has 1 heterocycles. The molecule has 0 unspecified atom stereocenters. The van der Waals surface area contributed by atoms with E-state index in [1.54, 1.807) is 42.9 Å². The summed E-state index contributed by atoms with van der Waals surface area (Å²) in [5, 5.41) is 9.15. The van der Waals surface area contributed by atoms with Gasteiger partial charge in [-0.05, 0) is 47.4 Å². The van der Waals surface area contributed by atoms with Gasteiger partial charge >= 0.3 is 5.97 Å². The third-order valence-corrected chi connectivity index (χ3v) is 3.89. The van der Waals surface area contributed by atoms with Crippen molar-refractivity contribution in [3.8, 4) is 0 Å². The van der Waals surface area contributed by atoms with Crippen molar-refractivity contribution in [3.05, 3.63) is 89.8 Å². The van der Waals surface area contributed by atoms with Gasteiger partial charge in [0, 0.05) is 18.9 Å². The quantitative estimate of drug-likeness (QED) is 0.681. The molecule has 1 N–H and O–H groups in total. The summed E-state index contributed by atoms with van der Waals surface area (Å²) < 4.78 is 15.2. The number of hydrogen-bond donors (Lipinski definition) is 1. The molecule has 25 heavy (non-hydrogen) atoms. The SMILES string of the molecule is O=C(O)c1cccc(C=C(CCn2ccnc2)c2ccc(F)cc2)c1. The van der Waals surface area contributed by atoms with Crippen LogP contribution in [0.4, 0.5) is 4.39 Å². The first-order valence-electron chi connectivity index (χ1n) is 7.87. The second-order valence-corrected chi connectivity index (χ2v) is 5.66. The number of benzene rings is 2. The highest BCUT2D eigenvalue weighted by molar-refractivity contribution is 5.89. The molecule has 2 aromatic carbocycles. The fraction of sp³-hybridized carbons (Fsp3) is 0.100. The van der Waals surface area contributed by atoms with Crippen LogP contribution in [0.15, 0.2) is 67.3 Å². The van der Waals surface area contributed by atoms with Crippen molar-refractivity contribution in [1.82, 2.24) is 9.55 Å². The predicted molar refractivity (Wildman–Crippen MR) is 94.5 cm³/mol. The normalized spacial score (nSPS) is 11.5. The van der Waals surface area contributed by atoms with Crippen LogP contribution < -0.4 is 0 Å². The molecule has 0 bridgehead atoms. The van der Waals surface area contributed by atoms with E-state index in [4.69, 9.17) is 5.11 Å². The number of rotatable bonds is 6. The van der Waals surface area contributed by atoms with E-state index in [9.17, 15) is 9.18 Å². The van der Waals surface area contributed by atoms with Crippen LogP contribution in [0.1, 0.15) is 27.9 Å². The van der Waals surface area contributed by atoms with Crippen LogP contribution in [-0.4, -0.2) is 20.6 Å². The van der Waals surface area contributed by atoms with Crippen LogP contribution in [0, 0.1) is 5.82 Å². The number of halogens is 1. The Hall–Kier alpha value is -3.21. The minimum atomic E-state index is -0.961. The Morgan fingerprint density at radius 2 is 1.96 bits per heavy atom. The lowest BCUT2D eigenvalue weighted by atomic mass is 9.99. The van der Waals surface area contributed by atoms with E-state index in [-0.39, 0.29) is 11.4 Å². The molecule has 0 radical (unpaired) electrons. The average Bonchev–Trinajstić information content (AvgIpc) is 3.13. The van der Waals surface area contributed by atoms with Gasteiger partial charge in [0.2, 0.25) is 0 Å². The zero-order chi connectivity index (χ0) is 17.6. The molecule has 3 rings (SSSR count). The molecule has 0 aliphatic carbocycles. The van der Waals surface area contributed by atoms with Gasteiger partial charge in [-0.1, -0.05) is 30.3 Å². The van der Waals surface area contributed by atoms with Gasteiger partial charge < -0.3 is 9.67 Å². The highest BCUT2D eigenvalue weighted by atomic mass is 19.1. The second-order valence-electron chi connectivity index (χ2n) is 5.66. The zero-order valence-electron chi connectivity index (χ0n) is 13.5. The Labute approximate surface area is 144 Å². The van der Waals surface area contributed by atoms with Crippen LogP contribution in [-0.2, 0) is 6.54 Å². The minimum absolute atomic E-state index is 0.238.